The second kappa shape index (κ2) is 6.43. The molecule has 0 unspecified atom stereocenters. The van der Waals surface area contributed by atoms with E-state index in [1.807, 2.05) is 23.6 Å². The van der Waals surface area contributed by atoms with Crippen LogP contribution in [0.15, 0.2) is 17.4 Å². The number of carbonyl (C=O) groups is 1. The van der Waals surface area contributed by atoms with Crippen molar-refractivity contribution in [1.29, 1.82) is 0 Å². The highest BCUT2D eigenvalue weighted by Gasteiger charge is 2.14. The Morgan fingerprint density at radius 3 is 2.95 bits per heavy atom. The molecule has 2 rings (SSSR count). The van der Waals surface area contributed by atoms with Crippen molar-refractivity contribution in [2.45, 2.75) is 11.7 Å². The zero-order valence-corrected chi connectivity index (χ0v) is 12.8. The van der Waals surface area contributed by atoms with Crippen LogP contribution in [0.2, 0.25) is 5.02 Å². The molecule has 2 heterocycles. The van der Waals surface area contributed by atoms with Gasteiger partial charge in [0.1, 0.15) is 5.52 Å². The first kappa shape index (κ1) is 15.1. The van der Waals surface area contributed by atoms with Crippen LogP contribution in [0.3, 0.4) is 0 Å². The second-order valence-electron chi connectivity index (χ2n) is 4.53. The van der Waals surface area contributed by atoms with Crippen LogP contribution >= 0.6 is 23.4 Å². The molecule has 0 fully saturated rings. The number of thioether (sulfide) groups is 1. The summed E-state index contributed by atoms with van der Waals surface area (Å²) in [4.78, 5) is 21.5. The molecule has 0 bridgehead atoms. The van der Waals surface area contributed by atoms with Gasteiger partial charge in [0.2, 0.25) is 0 Å². The summed E-state index contributed by atoms with van der Waals surface area (Å²) in [6, 6.07) is 1.74. The fourth-order valence-corrected chi connectivity index (χ4v) is 2.60. The van der Waals surface area contributed by atoms with E-state index in [1.54, 1.807) is 12.3 Å². The molecule has 0 aliphatic carbocycles. The fourth-order valence-electron chi connectivity index (χ4n) is 1.70. The minimum Gasteiger partial charge on any atom is -0.481 e. The molecule has 0 aromatic carbocycles. The van der Waals surface area contributed by atoms with Crippen LogP contribution in [0.5, 0.6) is 0 Å². The third-order valence-corrected chi connectivity index (χ3v) is 3.78. The summed E-state index contributed by atoms with van der Waals surface area (Å²) in [5.74, 6) is -0.897. The third kappa shape index (κ3) is 3.62. The molecule has 0 spiro atoms. The van der Waals surface area contributed by atoms with Gasteiger partial charge in [-0.15, -0.1) is 0 Å². The first-order valence-corrected chi connectivity index (χ1v) is 7.35. The minimum absolute atomic E-state index is 0.0288. The van der Waals surface area contributed by atoms with E-state index in [2.05, 4.69) is 9.97 Å². The maximum absolute atomic E-state index is 10.7. The number of aliphatic carboxylic acids is 1. The Kier molecular flexibility index (Phi) is 4.85. The summed E-state index contributed by atoms with van der Waals surface area (Å²) in [6.45, 7) is 1.51. The molecule has 0 aliphatic heterocycles. The van der Waals surface area contributed by atoms with Crippen LogP contribution in [-0.2, 0) is 11.3 Å². The molecule has 6 nitrogen and oxygen atoms in total. The Bertz CT molecular complexity index is 629. The van der Waals surface area contributed by atoms with E-state index < -0.39 is 5.97 Å². The lowest BCUT2D eigenvalue weighted by Gasteiger charge is -2.12. The monoisotopic (exact) mass is 314 g/mol. The van der Waals surface area contributed by atoms with Crippen molar-refractivity contribution in [2.75, 3.05) is 26.4 Å². The Balaban J connectivity index is 2.36. The number of nitrogens with zero attached hydrogens (tertiary/aromatic N) is 4. The van der Waals surface area contributed by atoms with Gasteiger partial charge >= 0.3 is 5.97 Å². The molecular formula is C12H15ClN4O2S. The molecule has 108 valence electrons. The highest BCUT2D eigenvalue weighted by atomic mass is 35.5. The van der Waals surface area contributed by atoms with E-state index >= 15 is 0 Å². The molecule has 20 heavy (non-hydrogen) atoms. The predicted octanol–water partition coefficient (Wildman–Crippen LogP) is 1.82. The van der Waals surface area contributed by atoms with E-state index in [0.717, 1.165) is 12.2 Å². The Morgan fingerprint density at radius 1 is 1.55 bits per heavy atom. The summed E-state index contributed by atoms with van der Waals surface area (Å²) in [5, 5.41) is 9.97. The summed E-state index contributed by atoms with van der Waals surface area (Å²) < 4.78 is 1.93. The van der Waals surface area contributed by atoms with Gasteiger partial charge in [0, 0.05) is 19.3 Å². The topological polar surface area (TPSA) is 71.2 Å². The number of carboxylic acid groups (broad SMARTS) is 1. The number of rotatable bonds is 6. The van der Waals surface area contributed by atoms with Gasteiger partial charge in [-0.3, -0.25) is 4.79 Å². The Hall–Kier alpha value is -1.31. The zero-order chi connectivity index (χ0) is 14.7. The van der Waals surface area contributed by atoms with E-state index in [0.29, 0.717) is 22.2 Å². The molecule has 2 aromatic rings. The number of halogens is 1. The summed E-state index contributed by atoms with van der Waals surface area (Å²) >= 11 is 7.10. The van der Waals surface area contributed by atoms with Crippen LogP contribution in [0, 0.1) is 0 Å². The van der Waals surface area contributed by atoms with E-state index in [9.17, 15) is 4.79 Å². The maximum Gasteiger partial charge on any atom is 0.313 e. The molecule has 0 amide bonds. The first-order chi connectivity index (χ1) is 9.47. The van der Waals surface area contributed by atoms with Crippen LogP contribution < -0.4 is 0 Å². The molecule has 2 aromatic heterocycles. The van der Waals surface area contributed by atoms with Crippen molar-refractivity contribution >= 4 is 40.5 Å². The highest BCUT2D eigenvalue weighted by molar-refractivity contribution is 7.99. The highest BCUT2D eigenvalue weighted by Crippen LogP contribution is 2.24. The number of fused-ring (bicyclic) bond motifs is 1. The zero-order valence-electron chi connectivity index (χ0n) is 11.2. The number of likely N-dealkylation sites (N-methyl/N-ethyl adjacent to an activating group) is 1. The first-order valence-electron chi connectivity index (χ1n) is 5.98. The van der Waals surface area contributed by atoms with Gasteiger partial charge in [-0.25, -0.2) is 9.97 Å². The van der Waals surface area contributed by atoms with Crippen LogP contribution in [0.1, 0.15) is 0 Å². The average molecular weight is 315 g/mol. The lowest BCUT2D eigenvalue weighted by Crippen LogP contribution is -2.19. The smallest absolute Gasteiger partial charge is 0.313 e. The number of hydrogen-bond acceptors (Lipinski definition) is 5. The van der Waals surface area contributed by atoms with Crippen molar-refractivity contribution in [3.05, 3.63) is 17.3 Å². The third-order valence-electron chi connectivity index (χ3n) is 2.61. The van der Waals surface area contributed by atoms with E-state index in [1.165, 1.54) is 11.8 Å². The standard InChI is InChI=1S/C12H15ClN4O2S/c1-16(2)3-4-17-11-9(5-8(13)6-14-11)15-12(17)20-7-10(18)19/h5-6H,3-4,7H2,1-2H3,(H,18,19). The van der Waals surface area contributed by atoms with Gasteiger partial charge in [-0.1, -0.05) is 23.4 Å². The van der Waals surface area contributed by atoms with Crippen LogP contribution in [0.4, 0.5) is 0 Å². The predicted molar refractivity (Wildman–Crippen MR) is 79.5 cm³/mol. The number of aromatic nitrogens is 3. The fraction of sp³-hybridized carbons (Fsp3) is 0.417. The lowest BCUT2D eigenvalue weighted by molar-refractivity contribution is -0.133. The van der Waals surface area contributed by atoms with Gasteiger partial charge in [0.05, 0.1) is 10.8 Å². The Labute approximate surface area is 125 Å². The quantitative estimate of drug-likeness (QED) is 0.820. The lowest BCUT2D eigenvalue weighted by atomic mass is 10.4. The van der Waals surface area contributed by atoms with Gasteiger partial charge in [-0.05, 0) is 20.2 Å². The van der Waals surface area contributed by atoms with Crippen molar-refractivity contribution in [1.82, 2.24) is 19.4 Å². The number of pyridine rings is 1. The molecule has 0 radical (unpaired) electrons. The van der Waals surface area contributed by atoms with Gasteiger partial charge in [0.15, 0.2) is 10.8 Å². The molecular weight excluding hydrogens is 300 g/mol. The average Bonchev–Trinajstić information content (AvgIpc) is 2.70. The van der Waals surface area contributed by atoms with Crippen molar-refractivity contribution in [2.24, 2.45) is 0 Å². The molecule has 8 heteroatoms. The van der Waals surface area contributed by atoms with Gasteiger partial charge in [0.25, 0.3) is 0 Å². The Morgan fingerprint density at radius 2 is 2.30 bits per heavy atom. The molecule has 0 saturated carbocycles. The van der Waals surface area contributed by atoms with Crippen molar-refractivity contribution < 1.29 is 9.90 Å². The largest absolute Gasteiger partial charge is 0.481 e. The molecule has 0 aliphatic rings. The van der Waals surface area contributed by atoms with E-state index in [4.69, 9.17) is 16.7 Å². The molecule has 0 atom stereocenters. The van der Waals surface area contributed by atoms with Crippen molar-refractivity contribution in [3.8, 4) is 0 Å². The number of hydrogen-bond donors (Lipinski definition) is 1. The van der Waals surface area contributed by atoms with Gasteiger partial charge in [-0.2, -0.15) is 0 Å². The summed E-state index contributed by atoms with van der Waals surface area (Å²) in [5.41, 5.74) is 1.41. The van der Waals surface area contributed by atoms with Crippen LogP contribution in [0.25, 0.3) is 11.2 Å². The van der Waals surface area contributed by atoms with E-state index in [-0.39, 0.29) is 5.75 Å². The number of imidazole rings is 1. The molecule has 0 saturated heterocycles. The van der Waals surface area contributed by atoms with Crippen LogP contribution in [-0.4, -0.2) is 56.9 Å². The maximum atomic E-state index is 10.7. The minimum atomic E-state index is -0.868. The number of carboxylic acids is 1. The summed E-state index contributed by atoms with van der Waals surface area (Å²) in [6.07, 6.45) is 1.57. The van der Waals surface area contributed by atoms with Crippen molar-refractivity contribution in [3.63, 3.8) is 0 Å². The molecule has 1 N–H and O–H groups in total. The SMILES string of the molecule is CN(C)CCn1c(SCC(=O)O)nc2cc(Cl)cnc21. The van der Waals surface area contributed by atoms with Gasteiger partial charge < -0.3 is 14.6 Å². The second-order valence-corrected chi connectivity index (χ2v) is 5.91. The summed E-state index contributed by atoms with van der Waals surface area (Å²) in [7, 11) is 3.96. The normalized spacial score (nSPS) is 11.4.